The van der Waals surface area contributed by atoms with Gasteiger partial charge in [-0.2, -0.15) is 0 Å². The Morgan fingerprint density at radius 2 is 2.05 bits per heavy atom. The van der Waals surface area contributed by atoms with E-state index in [0.29, 0.717) is 11.9 Å². The molecule has 1 N–H and O–H groups in total. The van der Waals surface area contributed by atoms with Crippen molar-refractivity contribution in [3.63, 3.8) is 0 Å². The highest BCUT2D eigenvalue weighted by Gasteiger charge is 2.21. The molecular weight excluding hydrogens is 260 g/mol. The fourth-order valence-corrected chi connectivity index (χ4v) is 3.27. The molecule has 0 aromatic rings. The van der Waals surface area contributed by atoms with E-state index in [1.54, 1.807) is 0 Å². The number of carbonyl (C=O) groups excluding carboxylic acids is 1. The Hall–Kier alpha value is -0.570. The highest BCUT2D eigenvalue weighted by Crippen LogP contribution is 2.22. The zero-order valence-corrected chi connectivity index (χ0v) is 14.5. The average Bonchev–Trinajstić information content (AvgIpc) is 2.65. The van der Waals surface area contributed by atoms with Gasteiger partial charge in [0.15, 0.2) is 0 Å². The van der Waals surface area contributed by atoms with Crippen LogP contribution in [0.15, 0.2) is 0 Å². The summed E-state index contributed by atoms with van der Waals surface area (Å²) >= 11 is 0. The minimum Gasteiger partial charge on any atom is -0.343 e. The molecule has 1 aliphatic rings. The van der Waals surface area contributed by atoms with Gasteiger partial charge in [0.05, 0.1) is 0 Å². The summed E-state index contributed by atoms with van der Waals surface area (Å²) in [5, 5.41) is 3.53. The van der Waals surface area contributed by atoms with Crippen molar-refractivity contribution in [1.29, 1.82) is 0 Å². The van der Waals surface area contributed by atoms with Crippen LogP contribution in [0.25, 0.3) is 0 Å². The smallest absolute Gasteiger partial charge is 0.222 e. The number of nitrogens with one attached hydrogen (secondary N) is 1. The molecule has 1 amide bonds. The van der Waals surface area contributed by atoms with Gasteiger partial charge in [-0.3, -0.25) is 4.79 Å². The van der Waals surface area contributed by atoms with Gasteiger partial charge >= 0.3 is 0 Å². The zero-order valence-electron chi connectivity index (χ0n) is 14.5. The molecule has 1 rings (SSSR count). The first-order valence-electron chi connectivity index (χ1n) is 9.18. The molecule has 1 fully saturated rings. The summed E-state index contributed by atoms with van der Waals surface area (Å²) in [5.41, 5.74) is 0. The van der Waals surface area contributed by atoms with Gasteiger partial charge in [0.1, 0.15) is 0 Å². The van der Waals surface area contributed by atoms with Crippen molar-refractivity contribution in [2.45, 2.75) is 84.6 Å². The fourth-order valence-electron chi connectivity index (χ4n) is 3.27. The molecule has 2 atom stereocenters. The van der Waals surface area contributed by atoms with Gasteiger partial charge in [-0.05, 0) is 51.5 Å². The molecule has 3 nitrogen and oxygen atoms in total. The molecular formula is C18H36N2O. The highest BCUT2D eigenvalue weighted by atomic mass is 16.2. The third-order valence-corrected chi connectivity index (χ3v) is 4.68. The first kappa shape index (κ1) is 18.5. The van der Waals surface area contributed by atoms with Crippen molar-refractivity contribution in [3.05, 3.63) is 0 Å². The molecule has 1 heterocycles. The quantitative estimate of drug-likeness (QED) is 0.619. The molecule has 1 saturated heterocycles. The van der Waals surface area contributed by atoms with Crippen LogP contribution in [0.3, 0.4) is 0 Å². The summed E-state index contributed by atoms with van der Waals surface area (Å²) in [7, 11) is 0. The third kappa shape index (κ3) is 7.85. The number of hydrogen-bond donors (Lipinski definition) is 1. The molecule has 0 bridgehead atoms. The third-order valence-electron chi connectivity index (χ3n) is 4.68. The molecule has 1 aliphatic heterocycles. The second kappa shape index (κ2) is 11.1. The lowest BCUT2D eigenvalue weighted by molar-refractivity contribution is -0.130. The maximum absolute atomic E-state index is 12.1. The van der Waals surface area contributed by atoms with Crippen molar-refractivity contribution in [3.8, 4) is 0 Å². The van der Waals surface area contributed by atoms with E-state index >= 15 is 0 Å². The Morgan fingerprint density at radius 1 is 1.24 bits per heavy atom. The summed E-state index contributed by atoms with van der Waals surface area (Å²) in [5.74, 6) is 1.17. The predicted molar refractivity (Wildman–Crippen MR) is 90.4 cm³/mol. The van der Waals surface area contributed by atoms with Gasteiger partial charge in [0, 0.05) is 25.6 Å². The van der Waals surface area contributed by atoms with Crippen LogP contribution in [-0.2, 0) is 4.79 Å². The summed E-state index contributed by atoms with van der Waals surface area (Å²) in [4.78, 5) is 14.3. The van der Waals surface area contributed by atoms with Gasteiger partial charge < -0.3 is 10.2 Å². The molecule has 0 radical (unpaired) electrons. The topological polar surface area (TPSA) is 32.3 Å². The second-order valence-electron chi connectivity index (χ2n) is 6.71. The molecule has 3 heteroatoms. The maximum atomic E-state index is 12.1. The second-order valence-corrected chi connectivity index (χ2v) is 6.71. The first-order chi connectivity index (χ1) is 10.2. The van der Waals surface area contributed by atoms with E-state index < -0.39 is 0 Å². The number of hydrogen-bond acceptors (Lipinski definition) is 2. The average molecular weight is 296 g/mol. The van der Waals surface area contributed by atoms with Crippen molar-refractivity contribution < 1.29 is 4.79 Å². The van der Waals surface area contributed by atoms with Crippen molar-refractivity contribution in [2.24, 2.45) is 5.92 Å². The lowest BCUT2D eigenvalue weighted by Gasteiger charge is -2.21. The van der Waals surface area contributed by atoms with Crippen LogP contribution >= 0.6 is 0 Å². The first-order valence-corrected chi connectivity index (χ1v) is 9.18. The van der Waals surface area contributed by atoms with Crippen LogP contribution in [0.1, 0.15) is 78.6 Å². The number of nitrogens with zero attached hydrogens (tertiary/aromatic N) is 1. The summed E-state index contributed by atoms with van der Waals surface area (Å²) in [6.45, 7) is 9.80. The molecule has 0 aromatic heterocycles. The van der Waals surface area contributed by atoms with Crippen LogP contribution in [0.2, 0.25) is 0 Å². The zero-order chi connectivity index (χ0) is 15.5. The largest absolute Gasteiger partial charge is 0.343 e. The van der Waals surface area contributed by atoms with Crippen LogP contribution in [-0.4, -0.2) is 36.5 Å². The van der Waals surface area contributed by atoms with Gasteiger partial charge in [0.2, 0.25) is 5.91 Å². The van der Waals surface area contributed by atoms with E-state index in [2.05, 4.69) is 31.0 Å². The van der Waals surface area contributed by atoms with E-state index in [-0.39, 0.29) is 0 Å². The van der Waals surface area contributed by atoms with Gasteiger partial charge in [-0.25, -0.2) is 0 Å². The Kier molecular flexibility index (Phi) is 9.73. The van der Waals surface area contributed by atoms with E-state index in [1.807, 2.05) is 0 Å². The van der Waals surface area contributed by atoms with Gasteiger partial charge in [-0.15, -0.1) is 0 Å². The normalized spacial score (nSPS) is 21.4. The van der Waals surface area contributed by atoms with Gasteiger partial charge in [0.25, 0.3) is 0 Å². The van der Waals surface area contributed by atoms with Crippen LogP contribution < -0.4 is 5.32 Å². The Labute approximate surface area is 131 Å². The minimum absolute atomic E-state index is 0.394. The van der Waals surface area contributed by atoms with E-state index in [4.69, 9.17) is 0 Å². The summed E-state index contributed by atoms with van der Waals surface area (Å²) in [6, 6.07) is 0.610. The van der Waals surface area contributed by atoms with Gasteiger partial charge in [-0.1, -0.05) is 33.1 Å². The molecule has 0 spiro atoms. The number of carbonyl (C=O) groups is 1. The Bertz CT molecular complexity index is 280. The van der Waals surface area contributed by atoms with Crippen LogP contribution in [0.5, 0.6) is 0 Å². The molecule has 0 saturated carbocycles. The Morgan fingerprint density at radius 3 is 2.76 bits per heavy atom. The lowest BCUT2D eigenvalue weighted by Crippen LogP contribution is -2.32. The number of likely N-dealkylation sites (tertiary alicyclic amines) is 1. The monoisotopic (exact) mass is 296 g/mol. The fraction of sp³-hybridized carbons (Fsp3) is 0.944. The molecule has 2 unspecified atom stereocenters. The van der Waals surface area contributed by atoms with Crippen LogP contribution in [0.4, 0.5) is 0 Å². The van der Waals surface area contributed by atoms with Crippen molar-refractivity contribution >= 4 is 5.91 Å². The van der Waals surface area contributed by atoms with E-state index in [1.165, 1.54) is 38.5 Å². The molecule has 0 aliphatic carbocycles. The van der Waals surface area contributed by atoms with E-state index in [9.17, 15) is 4.79 Å². The Balaban J connectivity index is 2.17. The summed E-state index contributed by atoms with van der Waals surface area (Å²) < 4.78 is 0. The lowest BCUT2D eigenvalue weighted by atomic mass is 9.96. The highest BCUT2D eigenvalue weighted by molar-refractivity contribution is 5.76. The van der Waals surface area contributed by atoms with E-state index in [0.717, 1.165) is 44.8 Å². The maximum Gasteiger partial charge on any atom is 0.222 e. The molecule has 124 valence electrons. The van der Waals surface area contributed by atoms with Crippen molar-refractivity contribution in [2.75, 3.05) is 19.6 Å². The number of unbranched alkanes of at least 4 members (excludes halogenated alkanes) is 1. The SMILES string of the molecule is CCCNC(C)CCCCN1CCC(CCC)CCC1=O. The van der Waals surface area contributed by atoms with Crippen molar-refractivity contribution in [1.82, 2.24) is 10.2 Å². The minimum atomic E-state index is 0.394. The molecule has 21 heavy (non-hydrogen) atoms. The number of amides is 1. The standard InChI is InChI=1S/C18H36N2O/c1-4-8-17-10-11-18(21)20(15-12-17)14-7-6-9-16(3)19-13-5-2/h16-17,19H,4-15H2,1-3H3. The predicted octanol–water partition coefficient (Wildman–Crippen LogP) is 3.97. The molecule has 0 aromatic carbocycles. The number of rotatable bonds is 10. The van der Waals surface area contributed by atoms with Crippen LogP contribution in [0, 0.1) is 5.92 Å². The summed E-state index contributed by atoms with van der Waals surface area (Å²) in [6.07, 6.45) is 10.5.